The normalized spacial score (nSPS) is 12.5. The van der Waals surface area contributed by atoms with E-state index in [0.29, 0.717) is 10.2 Å². The second kappa shape index (κ2) is 6.08. The lowest BCUT2D eigenvalue weighted by atomic mass is 10.2. The van der Waals surface area contributed by atoms with Gasteiger partial charge < -0.3 is 10.1 Å². The second-order valence-electron chi connectivity index (χ2n) is 3.28. The zero-order valence-electron chi connectivity index (χ0n) is 8.89. The number of ether oxygens (including phenoxy) is 1. The van der Waals surface area contributed by atoms with Crippen LogP contribution in [0.25, 0.3) is 0 Å². The summed E-state index contributed by atoms with van der Waals surface area (Å²) in [6.07, 6.45) is 0.967. The van der Waals surface area contributed by atoms with Gasteiger partial charge in [0, 0.05) is 12.6 Å². The number of rotatable bonds is 5. The van der Waals surface area contributed by atoms with Crippen molar-refractivity contribution in [2.75, 3.05) is 13.6 Å². The lowest BCUT2D eigenvalue weighted by Gasteiger charge is -2.17. The number of hydrogen-bond donors (Lipinski definition) is 1. The fourth-order valence-electron chi connectivity index (χ4n) is 1.24. The van der Waals surface area contributed by atoms with E-state index < -0.39 is 0 Å². The maximum atomic E-state index is 13.2. The maximum absolute atomic E-state index is 13.2. The van der Waals surface area contributed by atoms with Gasteiger partial charge in [-0.05, 0) is 41.5 Å². The summed E-state index contributed by atoms with van der Waals surface area (Å²) in [7, 11) is 1.87. The van der Waals surface area contributed by atoms with Crippen LogP contribution < -0.4 is 10.1 Å². The Hall–Kier alpha value is -0.610. The van der Waals surface area contributed by atoms with Crippen molar-refractivity contribution in [3.8, 4) is 5.75 Å². The van der Waals surface area contributed by atoms with Gasteiger partial charge in [-0.15, -0.1) is 0 Å². The first-order chi connectivity index (χ1) is 7.17. The predicted molar refractivity (Wildman–Crippen MR) is 62.7 cm³/mol. The molecule has 1 rings (SSSR count). The SMILES string of the molecule is CCC(CNC)Oc1ccc(Br)c(F)c1. The standard InChI is InChI=1S/C11H15BrFNO/c1-3-8(7-14-2)15-9-4-5-10(12)11(13)6-9/h4-6,8,14H,3,7H2,1-2H3. The zero-order valence-corrected chi connectivity index (χ0v) is 10.5. The highest BCUT2D eigenvalue weighted by Gasteiger charge is 2.08. The summed E-state index contributed by atoms with van der Waals surface area (Å²) in [5, 5.41) is 3.04. The van der Waals surface area contributed by atoms with Gasteiger partial charge in [-0.1, -0.05) is 6.92 Å². The quantitative estimate of drug-likeness (QED) is 0.892. The first kappa shape index (κ1) is 12.5. The largest absolute Gasteiger partial charge is 0.489 e. The van der Waals surface area contributed by atoms with Crippen LogP contribution in [0.4, 0.5) is 4.39 Å². The fourth-order valence-corrected chi connectivity index (χ4v) is 1.49. The van der Waals surface area contributed by atoms with Crippen LogP contribution in [0.3, 0.4) is 0 Å². The van der Waals surface area contributed by atoms with E-state index in [1.165, 1.54) is 6.07 Å². The number of hydrogen-bond acceptors (Lipinski definition) is 2. The second-order valence-corrected chi connectivity index (χ2v) is 4.14. The average molecular weight is 276 g/mol. The van der Waals surface area contributed by atoms with Crippen LogP contribution in [0.1, 0.15) is 13.3 Å². The van der Waals surface area contributed by atoms with Gasteiger partial charge >= 0.3 is 0 Å². The summed E-state index contributed by atoms with van der Waals surface area (Å²) < 4.78 is 19.2. The molecule has 0 aliphatic heterocycles. The van der Waals surface area contributed by atoms with Crippen molar-refractivity contribution in [1.82, 2.24) is 5.32 Å². The molecule has 0 amide bonds. The Balaban J connectivity index is 2.66. The third kappa shape index (κ3) is 3.80. The average Bonchev–Trinajstić information content (AvgIpc) is 2.23. The molecule has 84 valence electrons. The van der Waals surface area contributed by atoms with Gasteiger partial charge in [-0.25, -0.2) is 4.39 Å². The molecule has 1 aromatic carbocycles. The summed E-state index contributed by atoms with van der Waals surface area (Å²) >= 11 is 3.10. The van der Waals surface area contributed by atoms with Gasteiger partial charge in [-0.2, -0.15) is 0 Å². The molecule has 15 heavy (non-hydrogen) atoms. The maximum Gasteiger partial charge on any atom is 0.141 e. The molecule has 2 nitrogen and oxygen atoms in total. The fraction of sp³-hybridized carbons (Fsp3) is 0.455. The molecule has 0 aliphatic carbocycles. The van der Waals surface area contributed by atoms with Crippen LogP contribution in [-0.2, 0) is 0 Å². The van der Waals surface area contributed by atoms with Crippen molar-refractivity contribution < 1.29 is 9.13 Å². The molecule has 0 saturated heterocycles. The van der Waals surface area contributed by atoms with E-state index in [1.807, 2.05) is 14.0 Å². The molecule has 0 aliphatic rings. The molecule has 0 saturated carbocycles. The van der Waals surface area contributed by atoms with Gasteiger partial charge in [0.1, 0.15) is 17.7 Å². The Morgan fingerprint density at radius 2 is 2.27 bits per heavy atom. The topological polar surface area (TPSA) is 21.3 Å². The molecule has 1 atom stereocenters. The van der Waals surface area contributed by atoms with Crippen LogP contribution in [0.5, 0.6) is 5.75 Å². The Morgan fingerprint density at radius 3 is 2.80 bits per heavy atom. The summed E-state index contributed by atoms with van der Waals surface area (Å²) in [6, 6.07) is 4.80. The monoisotopic (exact) mass is 275 g/mol. The van der Waals surface area contributed by atoms with Crippen molar-refractivity contribution in [3.63, 3.8) is 0 Å². The minimum absolute atomic E-state index is 0.0792. The molecule has 0 fully saturated rings. The Kier molecular flexibility index (Phi) is 5.05. The number of likely N-dealkylation sites (N-methyl/N-ethyl adjacent to an activating group) is 1. The summed E-state index contributed by atoms with van der Waals surface area (Å²) in [4.78, 5) is 0. The summed E-state index contributed by atoms with van der Waals surface area (Å²) in [5.41, 5.74) is 0. The van der Waals surface area contributed by atoms with E-state index in [-0.39, 0.29) is 11.9 Å². The third-order valence-electron chi connectivity index (χ3n) is 2.08. The van der Waals surface area contributed by atoms with Gasteiger partial charge in [0.2, 0.25) is 0 Å². The Bertz CT molecular complexity index is 319. The number of halogens is 2. The van der Waals surface area contributed by atoms with Crippen molar-refractivity contribution in [2.45, 2.75) is 19.4 Å². The van der Waals surface area contributed by atoms with Crippen molar-refractivity contribution >= 4 is 15.9 Å². The highest BCUT2D eigenvalue weighted by molar-refractivity contribution is 9.10. The van der Waals surface area contributed by atoms with Crippen molar-refractivity contribution in [1.29, 1.82) is 0 Å². The summed E-state index contributed by atoms with van der Waals surface area (Å²) in [6.45, 7) is 2.80. The van der Waals surface area contributed by atoms with Crippen LogP contribution in [0.2, 0.25) is 0 Å². The predicted octanol–water partition coefficient (Wildman–Crippen LogP) is 2.97. The molecular weight excluding hydrogens is 261 g/mol. The minimum atomic E-state index is -0.299. The number of benzene rings is 1. The van der Waals surface area contributed by atoms with E-state index in [2.05, 4.69) is 21.2 Å². The molecule has 0 spiro atoms. The minimum Gasteiger partial charge on any atom is -0.489 e. The molecular formula is C11H15BrFNO. The molecule has 1 N–H and O–H groups in total. The van der Waals surface area contributed by atoms with E-state index in [1.54, 1.807) is 12.1 Å². The van der Waals surface area contributed by atoms with E-state index in [4.69, 9.17) is 4.74 Å². The molecule has 1 unspecified atom stereocenters. The Morgan fingerprint density at radius 1 is 1.53 bits per heavy atom. The summed E-state index contributed by atoms with van der Waals surface area (Å²) in [5.74, 6) is 0.268. The lowest BCUT2D eigenvalue weighted by molar-refractivity contribution is 0.195. The highest BCUT2D eigenvalue weighted by Crippen LogP contribution is 2.21. The van der Waals surface area contributed by atoms with Crippen LogP contribution in [-0.4, -0.2) is 19.7 Å². The molecule has 1 aromatic rings. The van der Waals surface area contributed by atoms with E-state index in [0.717, 1.165) is 13.0 Å². The Labute approximate surface area is 98.0 Å². The van der Waals surface area contributed by atoms with Gasteiger partial charge in [-0.3, -0.25) is 0 Å². The molecule has 0 bridgehead atoms. The molecule has 0 aromatic heterocycles. The lowest BCUT2D eigenvalue weighted by Crippen LogP contribution is -2.28. The first-order valence-corrected chi connectivity index (χ1v) is 5.73. The van der Waals surface area contributed by atoms with Crippen LogP contribution in [0.15, 0.2) is 22.7 Å². The van der Waals surface area contributed by atoms with Crippen LogP contribution in [0, 0.1) is 5.82 Å². The van der Waals surface area contributed by atoms with E-state index in [9.17, 15) is 4.39 Å². The van der Waals surface area contributed by atoms with Crippen LogP contribution >= 0.6 is 15.9 Å². The molecule has 0 radical (unpaired) electrons. The van der Waals surface area contributed by atoms with E-state index >= 15 is 0 Å². The van der Waals surface area contributed by atoms with Gasteiger partial charge in [0.25, 0.3) is 0 Å². The zero-order chi connectivity index (χ0) is 11.3. The smallest absolute Gasteiger partial charge is 0.141 e. The van der Waals surface area contributed by atoms with Crippen molar-refractivity contribution in [2.24, 2.45) is 0 Å². The number of nitrogens with one attached hydrogen (secondary N) is 1. The third-order valence-corrected chi connectivity index (χ3v) is 2.72. The highest BCUT2D eigenvalue weighted by atomic mass is 79.9. The van der Waals surface area contributed by atoms with Crippen molar-refractivity contribution in [3.05, 3.63) is 28.5 Å². The van der Waals surface area contributed by atoms with Gasteiger partial charge in [0.15, 0.2) is 0 Å². The van der Waals surface area contributed by atoms with Gasteiger partial charge in [0.05, 0.1) is 4.47 Å². The molecule has 0 heterocycles. The molecule has 4 heteroatoms. The first-order valence-electron chi connectivity index (χ1n) is 4.93.